The largest absolute Gasteiger partial charge is 0.341 e. The van der Waals surface area contributed by atoms with Crippen molar-refractivity contribution in [2.45, 2.75) is 25.4 Å². The molecule has 1 aromatic heterocycles. The Morgan fingerprint density at radius 1 is 1.50 bits per heavy atom. The Morgan fingerprint density at radius 3 is 2.95 bits per heavy atom. The topological polar surface area (TPSA) is 49.3 Å². The summed E-state index contributed by atoms with van der Waals surface area (Å²) < 4.78 is 0. The molecular formula is C14H22N4OS. The molecule has 0 radical (unpaired) electrons. The number of thioether (sulfide) groups is 1. The minimum absolute atomic E-state index is 0.284. The van der Waals surface area contributed by atoms with E-state index in [1.165, 1.54) is 0 Å². The van der Waals surface area contributed by atoms with E-state index in [1.54, 1.807) is 24.2 Å². The fourth-order valence-electron chi connectivity index (χ4n) is 2.44. The molecule has 5 nitrogen and oxygen atoms in total. The molecule has 1 aliphatic rings. The van der Waals surface area contributed by atoms with Crippen LogP contribution in [0.15, 0.2) is 18.5 Å². The van der Waals surface area contributed by atoms with Crippen LogP contribution in [0.1, 0.15) is 18.7 Å². The van der Waals surface area contributed by atoms with E-state index in [4.69, 9.17) is 0 Å². The molecule has 2 heterocycles. The van der Waals surface area contributed by atoms with Crippen molar-refractivity contribution in [1.29, 1.82) is 0 Å². The van der Waals surface area contributed by atoms with Crippen molar-refractivity contribution < 1.29 is 4.79 Å². The summed E-state index contributed by atoms with van der Waals surface area (Å²) in [6.07, 6.45) is 7.26. The van der Waals surface area contributed by atoms with E-state index in [0.717, 1.165) is 37.6 Å². The van der Waals surface area contributed by atoms with Crippen LogP contribution < -0.4 is 0 Å². The molecular weight excluding hydrogens is 272 g/mol. The Kier molecular flexibility index (Phi) is 5.79. The number of aromatic nitrogens is 2. The van der Waals surface area contributed by atoms with E-state index in [2.05, 4.69) is 21.9 Å². The fraction of sp³-hybridized carbons (Fsp3) is 0.643. The molecule has 0 bridgehead atoms. The van der Waals surface area contributed by atoms with Gasteiger partial charge in [0.2, 0.25) is 5.91 Å². The van der Waals surface area contributed by atoms with Crippen LogP contribution >= 0.6 is 11.8 Å². The second-order valence-electron chi connectivity index (χ2n) is 5.11. The molecule has 6 heteroatoms. The van der Waals surface area contributed by atoms with Crippen molar-refractivity contribution in [3.05, 3.63) is 24.3 Å². The summed E-state index contributed by atoms with van der Waals surface area (Å²) in [6, 6.07) is 2.24. The summed E-state index contributed by atoms with van der Waals surface area (Å²) in [7, 11) is 2.08. The van der Waals surface area contributed by atoms with Crippen LogP contribution in [0.5, 0.6) is 0 Å². The van der Waals surface area contributed by atoms with Crippen molar-refractivity contribution in [1.82, 2.24) is 19.8 Å². The third-order valence-corrected chi connectivity index (χ3v) is 4.28. The van der Waals surface area contributed by atoms with Gasteiger partial charge >= 0.3 is 0 Å². The highest BCUT2D eigenvalue weighted by Gasteiger charge is 2.28. The van der Waals surface area contributed by atoms with Gasteiger partial charge in [0, 0.05) is 43.7 Å². The number of hydrogen-bond donors (Lipinski definition) is 0. The van der Waals surface area contributed by atoms with E-state index in [1.807, 2.05) is 17.2 Å². The van der Waals surface area contributed by atoms with Crippen molar-refractivity contribution in [2.75, 3.05) is 32.1 Å². The third kappa shape index (κ3) is 4.18. The Bertz CT molecular complexity index is 428. The first-order valence-corrected chi connectivity index (χ1v) is 8.33. The number of likely N-dealkylation sites (N-methyl/N-ethyl adjacent to an activating group) is 1. The maximum Gasteiger partial charge on any atom is 0.223 e. The normalized spacial score (nSPS) is 18.8. The first-order chi connectivity index (χ1) is 9.70. The molecule has 1 amide bonds. The standard InChI is InChI=1S/C14H22N4OS/c1-17(11-13-15-6-3-7-16-13)12-4-8-18(10-12)14(19)5-9-20-2/h3,6-7,12H,4-5,8-11H2,1-2H3. The van der Waals surface area contributed by atoms with Gasteiger partial charge in [0.15, 0.2) is 0 Å². The molecule has 1 atom stereocenters. The molecule has 0 aromatic carbocycles. The Morgan fingerprint density at radius 2 is 2.25 bits per heavy atom. The average molecular weight is 294 g/mol. The maximum absolute atomic E-state index is 12.0. The van der Waals surface area contributed by atoms with Gasteiger partial charge < -0.3 is 4.90 Å². The monoisotopic (exact) mass is 294 g/mol. The highest BCUT2D eigenvalue weighted by atomic mass is 32.2. The van der Waals surface area contributed by atoms with Crippen LogP contribution in [0, 0.1) is 0 Å². The molecule has 1 aromatic rings. The van der Waals surface area contributed by atoms with Gasteiger partial charge in [0.1, 0.15) is 5.82 Å². The SMILES string of the molecule is CSCCC(=O)N1CCC(N(C)Cc2ncccn2)C1. The number of likely N-dealkylation sites (tertiary alicyclic amines) is 1. The molecule has 1 aliphatic heterocycles. The predicted molar refractivity (Wildman–Crippen MR) is 81.5 cm³/mol. The summed E-state index contributed by atoms with van der Waals surface area (Å²) >= 11 is 1.72. The number of amides is 1. The van der Waals surface area contributed by atoms with Crippen LogP contribution in [0.2, 0.25) is 0 Å². The van der Waals surface area contributed by atoms with Crippen LogP contribution in [-0.2, 0) is 11.3 Å². The molecule has 0 aliphatic carbocycles. The van der Waals surface area contributed by atoms with Crippen molar-refractivity contribution in [3.63, 3.8) is 0 Å². The van der Waals surface area contributed by atoms with Crippen LogP contribution in [0.3, 0.4) is 0 Å². The lowest BCUT2D eigenvalue weighted by atomic mass is 10.2. The van der Waals surface area contributed by atoms with Crippen molar-refractivity contribution >= 4 is 17.7 Å². The third-order valence-electron chi connectivity index (χ3n) is 3.67. The van der Waals surface area contributed by atoms with E-state index < -0.39 is 0 Å². The lowest BCUT2D eigenvalue weighted by Crippen LogP contribution is -2.36. The highest BCUT2D eigenvalue weighted by Crippen LogP contribution is 2.17. The van der Waals surface area contributed by atoms with Gasteiger partial charge in [0.05, 0.1) is 6.54 Å². The molecule has 1 fully saturated rings. The quantitative estimate of drug-likeness (QED) is 0.790. The Balaban J connectivity index is 1.81. The van der Waals surface area contributed by atoms with Crippen molar-refractivity contribution in [2.24, 2.45) is 0 Å². The molecule has 1 unspecified atom stereocenters. The number of nitrogens with zero attached hydrogens (tertiary/aromatic N) is 4. The summed E-state index contributed by atoms with van der Waals surface area (Å²) in [5.41, 5.74) is 0. The van der Waals surface area contributed by atoms with Gasteiger partial charge in [0.25, 0.3) is 0 Å². The average Bonchev–Trinajstić information content (AvgIpc) is 2.96. The maximum atomic E-state index is 12.0. The van der Waals surface area contributed by atoms with Gasteiger partial charge in [-0.15, -0.1) is 0 Å². The van der Waals surface area contributed by atoms with E-state index >= 15 is 0 Å². The number of carbonyl (C=O) groups excluding carboxylic acids is 1. The molecule has 0 N–H and O–H groups in total. The zero-order chi connectivity index (χ0) is 14.4. The van der Waals surface area contributed by atoms with Gasteiger partial charge in [-0.25, -0.2) is 9.97 Å². The smallest absolute Gasteiger partial charge is 0.223 e. The minimum Gasteiger partial charge on any atom is -0.341 e. The lowest BCUT2D eigenvalue weighted by Gasteiger charge is -2.23. The zero-order valence-corrected chi connectivity index (χ0v) is 13.0. The minimum atomic E-state index is 0.284. The van der Waals surface area contributed by atoms with E-state index in [-0.39, 0.29) is 5.91 Å². The first kappa shape index (κ1) is 15.3. The highest BCUT2D eigenvalue weighted by molar-refractivity contribution is 7.98. The van der Waals surface area contributed by atoms with Gasteiger partial charge in [-0.05, 0) is 25.8 Å². The van der Waals surface area contributed by atoms with Crippen LogP contribution in [-0.4, -0.2) is 63.9 Å². The lowest BCUT2D eigenvalue weighted by molar-refractivity contribution is -0.129. The van der Waals surface area contributed by atoms with E-state index in [0.29, 0.717) is 12.5 Å². The number of hydrogen-bond acceptors (Lipinski definition) is 5. The van der Waals surface area contributed by atoms with Gasteiger partial charge in [-0.1, -0.05) is 0 Å². The Labute approximate surface area is 124 Å². The summed E-state index contributed by atoms with van der Waals surface area (Å²) in [6.45, 7) is 2.44. The number of carbonyl (C=O) groups is 1. The number of rotatable bonds is 6. The zero-order valence-electron chi connectivity index (χ0n) is 12.2. The van der Waals surface area contributed by atoms with E-state index in [9.17, 15) is 4.79 Å². The first-order valence-electron chi connectivity index (χ1n) is 6.93. The molecule has 110 valence electrons. The second-order valence-corrected chi connectivity index (χ2v) is 6.09. The molecule has 0 spiro atoms. The molecule has 1 saturated heterocycles. The molecule has 20 heavy (non-hydrogen) atoms. The van der Waals surface area contributed by atoms with Crippen LogP contribution in [0.25, 0.3) is 0 Å². The van der Waals surface area contributed by atoms with Crippen molar-refractivity contribution in [3.8, 4) is 0 Å². The summed E-state index contributed by atoms with van der Waals surface area (Å²) in [5.74, 6) is 2.03. The van der Waals surface area contributed by atoms with Gasteiger partial charge in [-0.3, -0.25) is 9.69 Å². The van der Waals surface area contributed by atoms with Crippen LogP contribution in [0.4, 0.5) is 0 Å². The molecule has 0 saturated carbocycles. The second kappa shape index (κ2) is 7.59. The Hall–Kier alpha value is -1.14. The summed E-state index contributed by atoms with van der Waals surface area (Å²) in [5, 5.41) is 0. The fourth-order valence-corrected chi connectivity index (χ4v) is 2.82. The predicted octanol–water partition coefficient (Wildman–Crippen LogP) is 1.26. The van der Waals surface area contributed by atoms with Gasteiger partial charge in [-0.2, -0.15) is 11.8 Å². The summed E-state index contributed by atoms with van der Waals surface area (Å²) in [4.78, 5) is 24.7. The molecule has 2 rings (SSSR count).